The fraction of sp³-hybridized carbons (Fsp3) is 0.412. The molecule has 1 fully saturated rings. The number of hydrogen-bond acceptors (Lipinski definition) is 4. The summed E-state index contributed by atoms with van der Waals surface area (Å²) in [6.45, 7) is 6.50. The van der Waals surface area contributed by atoms with Gasteiger partial charge in [-0.15, -0.1) is 0 Å². The summed E-state index contributed by atoms with van der Waals surface area (Å²) in [6, 6.07) is 12.1. The summed E-state index contributed by atoms with van der Waals surface area (Å²) in [5.41, 5.74) is 2.01. The summed E-state index contributed by atoms with van der Waals surface area (Å²) in [6.07, 6.45) is 2.56. The van der Waals surface area contributed by atoms with E-state index in [0.717, 1.165) is 36.2 Å². The lowest BCUT2D eigenvalue weighted by Crippen LogP contribution is -2.35. The third-order valence-corrected chi connectivity index (χ3v) is 3.85. The maximum atomic E-state index is 4.69. The first-order chi connectivity index (χ1) is 10.2. The van der Waals surface area contributed by atoms with E-state index in [-0.39, 0.29) is 0 Å². The van der Waals surface area contributed by atoms with E-state index in [1.165, 1.54) is 12.8 Å². The number of aromatic nitrogens is 2. The zero-order valence-corrected chi connectivity index (χ0v) is 12.7. The minimum absolute atomic E-state index is 0.675. The van der Waals surface area contributed by atoms with Crippen molar-refractivity contribution >= 4 is 17.5 Å². The second kappa shape index (κ2) is 6.12. The van der Waals surface area contributed by atoms with Crippen molar-refractivity contribution in [3.63, 3.8) is 0 Å². The largest absolute Gasteiger partial charge is 0.356 e. The number of para-hydroxylation sites is 1. The van der Waals surface area contributed by atoms with Gasteiger partial charge in [-0.1, -0.05) is 25.1 Å². The Morgan fingerprint density at radius 3 is 2.76 bits per heavy atom. The van der Waals surface area contributed by atoms with Crippen LogP contribution in [-0.4, -0.2) is 23.1 Å². The fourth-order valence-corrected chi connectivity index (χ4v) is 2.82. The third-order valence-electron chi connectivity index (χ3n) is 3.85. The molecule has 1 N–H and O–H groups in total. The van der Waals surface area contributed by atoms with Gasteiger partial charge in [0.05, 0.1) is 0 Å². The number of piperidine rings is 1. The molecule has 1 aromatic heterocycles. The van der Waals surface area contributed by atoms with Crippen molar-refractivity contribution < 1.29 is 0 Å². The van der Waals surface area contributed by atoms with Crippen molar-refractivity contribution in [2.75, 3.05) is 23.3 Å². The molecule has 2 aromatic rings. The Kier molecular flexibility index (Phi) is 4.04. The number of nitrogens with one attached hydrogen (secondary N) is 1. The van der Waals surface area contributed by atoms with Crippen LogP contribution in [0.25, 0.3) is 0 Å². The van der Waals surface area contributed by atoms with Crippen LogP contribution in [0.2, 0.25) is 0 Å². The third kappa shape index (κ3) is 3.51. The van der Waals surface area contributed by atoms with Gasteiger partial charge < -0.3 is 10.2 Å². The fourth-order valence-electron chi connectivity index (χ4n) is 2.82. The molecule has 1 atom stereocenters. The molecule has 110 valence electrons. The van der Waals surface area contributed by atoms with E-state index < -0.39 is 0 Å². The van der Waals surface area contributed by atoms with Crippen molar-refractivity contribution in [1.29, 1.82) is 0 Å². The minimum Gasteiger partial charge on any atom is -0.356 e. The van der Waals surface area contributed by atoms with Gasteiger partial charge in [0, 0.05) is 30.5 Å². The number of aryl methyl sites for hydroxylation is 1. The van der Waals surface area contributed by atoms with Crippen LogP contribution >= 0.6 is 0 Å². The van der Waals surface area contributed by atoms with Crippen LogP contribution < -0.4 is 10.2 Å². The van der Waals surface area contributed by atoms with Crippen molar-refractivity contribution in [1.82, 2.24) is 9.97 Å². The average molecular weight is 282 g/mol. The summed E-state index contributed by atoms with van der Waals surface area (Å²) in [5.74, 6) is 2.45. The van der Waals surface area contributed by atoms with E-state index >= 15 is 0 Å². The lowest BCUT2D eigenvalue weighted by Gasteiger charge is -2.32. The van der Waals surface area contributed by atoms with E-state index in [1.807, 2.05) is 37.3 Å². The lowest BCUT2D eigenvalue weighted by molar-refractivity contribution is 0.444. The molecular formula is C17H22N4. The Labute approximate surface area is 126 Å². The predicted molar refractivity (Wildman–Crippen MR) is 87.1 cm³/mol. The summed E-state index contributed by atoms with van der Waals surface area (Å²) in [4.78, 5) is 11.6. The van der Waals surface area contributed by atoms with Gasteiger partial charge in [0.25, 0.3) is 0 Å². The maximum absolute atomic E-state index is 4.69. The zero-order chi connectivity index (χ0) is 14.7. The summed E-state index contributed by atoms with van der Waals surface area (Å²) >= 11 is 0. The first-order valence-electron chi connectivity index (χ1n) is 7.63. The monoisotopic (exact) mass is 282 g/mol. The molecule has 1 aliphatic rings. The van der Waals surface area contributed by atoms with Crippen LogP contribution in [0.1, 0.15) is 25.5 Å². The summed E-state index contributed by atoms with van der Waals surface area (Å²) in [5, 5.41) is 3.29. The second-order valence-corrected chi connectivity index (χ2v) is 5.88. The Morgan fingerprint density at radius 1 is 1.19 bits per heavy atom. The molecule has 1 aliphatic heterocycles. The first kappa shape index (κ1) is 13.9. The van der Waals surface area contributed by atoms with E-state index in [0.29, 0.717) is 5.95 Å². The van der Waals surface area contributed by atoms with Gasteiger partial charge in [-0.25, -0.2) is 4.98 Å². The van der Waals surface area contributed by atoms with Crippen LogP contribution in [0.15, 0.2) is 36.4 Å². The SMILES string of the molecule is Cc1cc(N2CCCC(C)C2)nc(Nc2ccccc2)n1. The molecule has 21 heavy (non-hydrogen) atoms. The van der Waals surface area contributed by atoms with Gasteiger partial charge in [0.15, 0.2) is 0 Å². The highest BCUT2D eigenvalue weighted by Gasteiger charge is 2.18. The van der Waals surface area contributed by atoms with Gasteiger partial charge in [-0.3, -0.25) is 0 Å². The van der Waals surface area contributed by atoms with Gasteiger partial charge in [0.2, 0.25) is 5.95 Å². The highest BCUT2D eigenvalue weighted by Crippen LogP contribution is 2.23. The second-order valence-electron chi connectivity index (χ2n) is 5.88. The highest BCUT2D eigenvalue weighted by atomic mass is 15.2. The smallest absolute Gasteiger partial charge is 0.229 e. The van der Waals surface area contributed by atoms with Gasteiger partial charge in [-0.05, 0) is 37.8 Å². The molecule has 0 spiro atoms. The van der Waals surface area contributed by atoms with Crippen LogP contribution in [0, 0.1) is 12.8 Å². The van der Waals surface area contributed by atoms with Crippen molar-refractivity contribution in [2.24, 2.45) is 5.92 Å². The van der Waals surface area contributed by atoms with Crippen molar-refractivity contribution in [3.05, 3.63) is 42.1 Å². The van der Waals surface area contributed by atoms with E-state index in [1.54, 1.807) is 0 Å². The molecule has 1 saturated heterocycles. The number of anilines is 3. The molecular weight excluding hydrogens is 260 g/mol. The van der Waals surface area contributed by atoms with Crippen LogP contribution in [0.3, 0.4) is 0 Å². The molecule has 2 heterocycles. The molecule has 0 radical (unpaired) electrons. The Balaban J connectivity index is 1.82. The van der Waals surface area contributed by atoms with E-state index in [2.05, 4.69) is 28.2 Å². The van der Waals surface area contributed by atoms with Gasteiger partial charge >= 0.3 is 0 Å². The molecule has 1 aromatic carbocycles. The quantitative estimate of drug-likeness (QED) is 0.930. The van der Waals surface area contributed by atoms with Gasteiger partial charge in [0.1, 0.15) is 5.82 Å². The average Bonchev–Trinajstić information content (AvgIpc) is 2.48. The van der Waals surface area contributed by atoms with Crippen molar-refractivity contribution in [3.8, 4) is 0 Å². The first-order valence-corrected chi connectivity index (χ1v) is 7.63. The van der Waals surface area contributed by atoms with E-state index in [4.69, 9.17) is 4.98 Å². The van der Waals surface area contributed by atoms with Crippen LogP contribution in [-0.2, 0) is 0 Å². The van der Waals surface area contributed by atoms with Gasteiger partial charge in [-0.2, -0.15) is 4.98 Å². The maximum Gasteiger partial charge on any atom is 0.229 e. The minimum atomic E-state index is 0.675. The normalized spacial score (nSPS) is 18.6. The van der Waals surface area contributed by atoms with Crippen LogP contribution in [0.5, 0.6) is 0 Å². The van der Waals surface area contributed by atoms with Crippen molar-refractivity contribution in [2.45, 2.75) is 26.7 Å². The number of hydrogen-bond donors (Lipinski definition) is 1. The topological polar surface area (TPSA) is 41.1 Å². The lowest BCUT2D eigenvalue weighted by atomic mass is 10.0. The Bertz CT molecular complexity index is 597. The molecule has 4 nitrogen and oxygen atoms in total. The number of rotatable bonds is 3. The molecule has 0 aliphatic carbocycles. The Hall–Kier alpha value is -2.10. The molecule has 0 saturated carbocycles. The van der Waals surface area contributed by atoms with E-state index in [9.17, 15) is 0 Å². The number of nitrogens with zero attached hydrogens (tertiary/aromatic N) is 3. The standard InChI is InChI=1S/C17H22N4/c1-13-7-6-10-21(12-13)16-11-14(2)18-17(20-16)19-15-8-4-3-5-9-15/h3-5,8-9,11,13H,6-7,10,12H2,1-2H3,(H,18,19,20). The molecule has 4 heteroatoms. The highest BCUT2D eigenvalue weighted by molar-refractivity contribution is 5.55. The Morgan fingerprint density at radius 2 is 2.00 bits per heavy atom. The molecule has 0 bridgehead atoms. The summed E-state index contributed by atoms with van der Waals surface area (Å²) < 4.78 is 0. The predicted octanol–water partition coefficient (Wildman–Crippen LogP) is 3.76. The van der Waals surface area contributed by atoms with Crippen LogP contribution in [0.4, 0.5) is 17.5 Å². The molecule has 0 amide bonds. The molecule has 1 unspecified atom stereocenters. The number of benzene rings is 1. The zero-order valence-electron chi connectivity index (χ0n) is 12.7. The summed E-state index contributed by atoms with van der Waals surface area (Å²) in [7, 11) is 0. The molecule has 3 rings (SSSR count).